The summed E-state index contributed by atoms with van der Waals surface area (Å²) in [5, 5.41) is 11.4. The van der Waals surface area contributed by atoms with Gasteiger partial charge in [0.25, 0.3) is 11.7 Å². The number of aromatic nitrogens is 1. The Labute approximate surface area is 179 Å². The fourth-order valence-corrected chi connectivity index (χ4v) is 3.86. The minimum Gasteiger partial charge on any atom is -0.507 e. The van der Waals surface area contributed by atoms with E-state index in [1.807, 2.05) is 25.1 Å². The van der Waals surface area contributed by atoms with Crippen LogP contribution in [0.15, 0.2) is 78.6 Å². The maximum Gasteiger partial charge on any atom is 0.295 e. The number of aliphatic hydroxyl groups is 1. The Morgan fingerprint density at radius 1 is 1.07 bits per heavy atom. The molecule has 3 aromatic rings. The van der Waals surface area contributed by atoms with Gasteiger partial charge in [0.15, 0.2) is 0 Å². The predicted molar refractivity (Wildman–Crippen MR) is 115 cm³/mol. The van der Waals surface area contributed by atoms with E-state index in [1.54, 1.807) is 54.9 Å². The van der Waals surface area contributed by atoms with E-state index >= 15 is 0 Å². The zero-order chi connectivity index (χ0) is 21.3. The number of carbonyl (C=O) groups is 2. The summed E-state index contributed by atoms with van der Waals surface area (Å²) >= 11 is 6.44. The molecule has 6 heteroatoms. The topological polar surface area (TPSA) is 70.5 Å². The van der Waals surface area contributed by atoms with Crippen molar-refractivity contribution in [1.82, 2.24) is 9.88 Å². The average Bonchev–Trinajstić information content (AvgIpc) is 3.00. The molecule has 1 unspecified atom stereocenters. The Kier molecular flexibility index (Phi) is 5.38. The molecule has 1 aliphatic heterocycles. The Bertz CT molecular complexity index is 1140. The number of aliphatic hydroxyl groups excluding tert-OH is 1. The number of hydrogen-bond acceptors (Lipinski definition) is 4. The van der Waals surface area contributed by atoms with Crippen molar-refractivity contribution in [2.24, 2.45) is 0 Å². The molecule has 1 amide bonds. The van der Waals surface area contributed by atoms with Crippen LogP contribution in [0.4, 0.5) is 0 Å². The van der Waals surface area contributed by atoms with Gasteiger partial charge < -0.3 is 10.0 Å². The maximum atomic E-state index is 13.0. The lowest BCUT2D eigenvalue weighted by Gasteiger charge is -2.26. The van der Waals surface area contributed by atoms with Gasteiger partial charge in [-0.3, -0.25) is 14.6 Å². The second-order valence-corrected chi connectivity index (χ2v) is 7.58. The van der Waals surface area contributed by atoms with Crippen molar-refractivity contribution in [3.63, 3.8) is 0 Å². The Morgan fingerprint density at radius 2 is 1.80 bits per heavy atom. The van der Waals surface area contributed by atoms with Gasteiger partial charge in [-0.05, 0) is 30.2 Å². The third-order valence-corrected chi connectivity index (χ3v) is 5.48. The zero-order valence-electron chi connectivity index (χ0n) is 16.2. The molecule has 0 spiro atoms. The van der Waals surface area contributed by atoms with Crippen molar-refractivity contribution < 1.29 is 14.7 Å². The summed E-state index contributed by atoms with van der Waals surface area (Å²) in [5.41, 5.74) is 2.87. The van der Waals surface area contributed by atoms with Crippen molar-refractivity contribution >= 4 is 29.1 Å². The van der Waals surface area contributed by atoms with E-state index in [4.69, 9.17) is 11.6 Å². The van der Waals surface area contributed by atoms with E-state index in [-0.39, 0.29) is 17.9 Å². The SMILES string of the molecule is Cc1ccc(C(O)=C2C(=O)C(=O)N(Cc3cccnc3)C2c2ccccc2Cl)cc1. The highest BCUT2D eigenvalue weighted by molar-refractivity contribution is 6.46. The third kappa shape index (κ3) is 3.60. The van der Waals surface area contributed by atoms with Gasteiger partial charge in [-0.15, -0.1) is 0 Å². The lowest BCUT2D eigenvalue weighted by Crippen LogP contribution is -2.29. The first-order valence-electron chi connectivity index (χ1n) is 9.46. The fraction of sp³-hybridized carbons (Fsp3) is 0.125. The minimum absolute atomic E-state index is 0.0286. The van der Waals surface area contributed by atoms with Crippen LogP contribution in [0.25, 0.3) is 5.76 Å². The molecule has 1 N–H and O–H groups in total. The van der Waals surface area contributed by atoms with E-state index in [2.05, 4.69) is 4.98 Å². The smallest absolute Gasteiger partial charge is 0.295 e. The largest absolute Gasteiger partial charge is 0.507 e. The molecular weight excluding hydrogens is 400 g/mol. The number of nitrogens with zero attached hydrogens (tertiary/aromatic N) is 2. The molecule has 0 aliphatic carbocycles. The number of hydrogen-bond donors (Lipinski definition) is 1. The lowest BCUT2D eigenvalue weighted by atomic mass is 9.95. The van der Waals surface area contributed by atoms with Gasteiger partial charge in [0.05, 0.1) is 11.6 Å². The molecule has 1 aromatic heterocycles. The van der Waals surface area contributed by atoms with Gasteiger partial charge in [0, 0.05) is 29.5 Å². The Balaban J connectivity index is 1.88. The quantitative estimate of drug-likeness (QED) is 0.380. The van der Waals surface area contributed by atoms with Crippen LogP contribution in [-0.2, 0) is 16.1 Å². The summed E-state index contributed by atoms with van der Waals surface area (Å²) in [6, 6.07) is 16.9. The molecular formula is C24H19ClN2O3. The Morgan fingerprint density at radius 3 is 2.47 bits per heavy atom. The second kappa shape index (κ2) is 8.13. The molecule has 0 radical (unpaired) electrons. The number of ketones is 1. The highest BCUT2D eigenvalue weighted by atomic mass is 35.5. The first-order valence-corrected chi connectivity index (χ1v) is 9.84. The van der Waals surface area contributed by atoms with Gasteiger partial charge in [-0.1, -0.05) is 65.7 Å². The van der Waals surface area contributed by atoms with Crippen molar-refractivity contribution in [2.75, 3.05) is 0 Å². The third-order valence-electron chi connectivity index (χ3n) is 5.14. The van der Waals surface area contributed by atoms with E-state index in [9.17, 15) is 14.7 Å². The van der Waals surface area contributed by atoms with Crippen molar-refractivity contribution in [1.29, 1.82) is 0 Å². The number of pyridine rings is 1. The van der Waals surface area contributed by atoms with Crippen molar-refractivity contribution in [3.8, 4) is 0 Å². The molecule has 1 atom stereocenters. The fourth-order valence-electron chi connectivity index (χ4n) is 3.62. The minimum atomic E-state index is -0.805. The van der Waals surface area contributed by atoms with Crippen LogP contribution in [0.1, 0.15) is 28.3 Å². The number of rotatable bonds is 4. The van der Waals surface area contributed by atoms with Gasteiger partial charge in [-0.2, -0.15) is 0 Å². The molecule has 30 heavy (non-hydrogen) atoms. The molecule has 4 rings (SSSR count). The summed E-state index contributed by atoms with van der Waals surface area (Å²) in [6.45, 7) is 2.10. The number of amides is 1. The van der Waals surface area contributed by atoms with Crippen molar-refractivity contribution in [3.05, 3.63) is 106 Å². The molecule has 1 fully saturated rings. The average molecular weight is 419 g/mol. The van der Waals surface area contributed by atoms with Crippen LogP contribution in [-0.4, -0.2) is 26.7 Å². The normalized spacial score (nSPS) is 18.1. The first kappa shape index (κ1) is 19.9. The monoisotopic (exact) mass is 418 g/mol. The van der Waals surface area contributed by atoms with Gasteiger partial charge >= 0.3 is 0 Å². The first-order chi connectivity index (χ1) is 14.5. The number of likely N-dealkylation sites (tertiary alicyclic amines) is 1. The van der Waals surface area contributed by atoms with Crippen LogP contribution in [0.2, 0.25) is 5.02 Å². The lowest BCUT2D eigenvalue weighted by molar-refractivity contribution is -0.140. The van der Waals surface area contributed by atoms with E-state index in [0.717, 1.165) is 11.1 Å². The number of Topliss-reactive ketones (excluding diaryl/α,β-unsaturated/α-hetero) is 1. The molecule has 2 heterocycles. The number of halogens is 1. The summed E-state index contributed by atoms with van der Waals surface area (Å²) in [4.78, 5) is 31.5. The molecule has 0 saturated carbocycles. The second-order valence-electron chi connectivity index (χ2n) is 7.18. The molecule has 150 valence electrons. The molecule has 5 nitrogen and oxygen atoms in total. The van der Waals surface area contributed by atoms with Crippen LogP contribution in [0, 0.1) is 6.92 Å². The van der Waals surface area contributed by atoms with E-state index in [0.29, 0.717) is 16.1 Å². The zero-order valence-corrected chi connectivity index (χ0v) is 17.0. The molecule has 1 aliphatic rings. The summed E-state index contributed by atoms with van der Waals surface area (Å²) < 4.78 is 0. The maximum absolute atomic E-state index is 13.0. The van der Waals surface area contributed by atoms with Gasteiger partial charge in [-0.25, -0.2) is 0 Å². The van der Waals surface area contributed by atoms with Crippen LogP contribution < -0.4 is 0 Å². The standard InChI is InChI=1S/C24H19ClN2O3/c1-15-8-10-17(11-9-15)22(28)20-21(18-6-2-3-7-19(18)25)27(24(30)23(20)29)14-16-5-4-12-26-13-16/h2-13,21,28H,14H2,1H3. The Hall–Kier alpha value is -3.44. The van der Waals surface area contributed by atoms with E-state index < -0.39 is 17.7 Å². The predicted octanol–water partition coefficient (Wildman–Crippen LogP) is 4.67. The van der Waals surface area contributed by atoms with Crippen LogP contribution in [0.5, 0.6) is 0 Å². The van der Waals surface area contributed by atoms with E-state index in [1.165, 1.54) is 4.90 Å². The number of aryl methyl sites for hydroxylation is 1. The highest BCUT2D eigenvalue weighted by Gasteiger charge is 2.46. The number of benzene rings is 2. The van der Waals surface area contributed by atoms with Crippen LogP contribution >= 0.6 is 11.6 Å². The molecule has 0 bridgehead atoms. The van der Waals surface area contributed by atoms with Gasteiger partial charge in [0.1, 0.15) is 5.76 Å². The van der Waals surface area contributed by atoms with Crippen molar-refractivity contribution in [2.45, 2.75) is 19.5 Å². The van der Waals surface area contributed by atoms with Crippen LogP contribution in [0.3, 0.4) is 0 Å². The molecule has 2 aromatic carbocycles. The van der Waals surface area contributed by atoms with Gasteiger partial charge in [0.2, 0.25) is 0 Å². The summed E-state index contributed by atoms with van der Waals surface area (Å²) in [6.07, 6.45) is 3.28. The summed E-state index contributed by atoms with van der Waals surface area (Å²) in [7, 11) is 0. The molecule has 1 saturated heterocycles. The highest BCUT2D eigenvalue weighted by Crippen LogP contribution is 2.42. The summed E-state index contributed by atoms with van der Waals surface area (Å²) in [5.74, 6) is -1.63. The number of carbonyl (C=O) groups excluding carboxylic acids is 2.